The van der Waals surface area contributed by atoms with Crippen LogP contribution in [0, 0.1) is 5.92 Å². The first-order chi connectivity index (χ1) is 6.72. The van der Waals surface area contributed by atoms with E-state index in [-0.39, 0.29) is 30.6 Å². The molecule has 0 aromatic carbocycles. The third-order valence-corrected chi connectivity index (χ3v) is 1.72. The first kappa shape index (κ1) is 14.4. The molecule has 0 aliphatic rings. The lowest BCUT2D eigenvalue weighted by Gasteiger charge is -2.21. The van der Waals surface area contributed by atoms with Crippen LogP contribution >= 0.6 is 0 Å². The molecular weight excluding hydrogens is 197 g/mol. The van der Waals surface area contributed by atoms with Crippen molar-refractivity contribution in [1.82, 2.24) is 5.32 Å². The minimum absolute atomic E-state index is 0.0157. The van der Waals surface area contributed by atoms with Crippen LogP contribution in [0.2, 0.25) is 0 Å². The van der Waals surface area contributed by atoms with E-state index in [0.717, 1.165) is 0 Å². The number of ether oxygens (including phenoxy) is 1. The quantitative estimate of drug-likeness (QED) is 0.767. The standard InChI is InChI=1S/C11H22FNO2/c1-8(2)10(14)13-6-9(12)7-15-11(3,4)5/h8-9H,6-7H2,1-5H3,(H,13,14). The normalized spacial score (nSPS) is 14.1. The molecule has 4 heteroatoms. The molecule has 0 bridgehead atoms. The Bertz CT molecular complexity index is 199. The molecule has 1 amide bonds. The van der Waals surface area contributed by atoms with E-state index in [4.69, 9.17) is 4.74 Å². The molecule has 0 aliphatic heterocycles. The average Bonchev–Trinajstić information content (AvgIpc) is 2.09. The Morgan fingerprint density at radius 1 is 1.40 bits per heavy atom. The first-order valence-corrected chi connectivity index (χ1v) is 5.28. The average molecular weight is 219 g/mol. The third-order valence-electron chi connectivity index (χ3n) is 1.72. The maximum Gasteiger partial charge on any atom is 0.222 e. The largest absolute Gasteiger partial charge is 0.373 e. The number of hydrogen-bond donors (Lipinski definition) is 1. The van der Waals surface area contributed by atoms with Gasteiger partial charge in [-0.3, -0.25) is 4.79 Å². The van der Waals surface area contributed by atoms with E-state index < -0.39 is 6.17 Å². The van der Waals surface area contributed by atoms with Crippen LogP contribution in [-0.4, -0.2) is 30.8 Å². The molecule has 0 heterocycles. The maximum absolute atomic E-state index is 13.2. The summed E-state index contributed by atoms with van der Waals surface area (Å²) in [7, 11) is 0. The summed E-state index contributed by atoms with van der Waals surface area (Å²) in [4.78, 5) is 11.1. The van der Waals surface area contributed by atoms with Crippen LogP contribution in [0.25, 0.3) is 0 Å². The summed E-state index contributed by atoms with van der Waals surface area (Å²) < 4.78 is 18.5. The molecule has 1 N–H and O–H groups in total. The van der Waals surface area contributed by atoms with Crippen molar-refractivity contribution in [2.75, 3.05) is 13.2 Å². The Morgan fingerprint density at radius 2 is 1.93 bits per heavy atom. The van der Waals surface area contributed by atoms with E-state index in [0.29, 0.717) is 0 Å². The molecule has 0 aromatic rings. The van der Waals surface area contributed by atoms with E-state index in [1.165, 1.54) is 0 Å². The molecule has 1 unspecified atom stereocenters. The van der Waals surface area contributed by atoms with Crippen molar-refractivity contribution in [2.24, 2.45) is 5.92 Å². The lowest BCUT2D eigenvalue weighted by Crippen LogP contribution is -2.36. The fourth-order valence-corrected chi connectivity index (χ4v) is 0.815. The summed E-state index contributed by atoms with van der Waals surface area (Å²) in [5, 5.41) is 2.52. The zero-order valence-corrected chi connectivity index (χ0v) is 10.3. The van der Waals surface area contributed by atoms with Gasteiger partial charge in [-0.1, -0.05) is 13.8 Å². The maximum atomic E-state index is 13.2. The second kappa shape index (κ2) is 6.05. The van der Waals surface area contributed by atoms with Crippen molar-refractivity contribution in [1.29, 1.82) is 0 Å². The van der Waals surface area contributed by atoms with Crippen LogP contribution < -0.4 is 5.32 Å². The number of halogens is 1. The minimum atomic E-state index is -1.15. The number of carbonyl (C=O) groups is 1. The Kier molecular flexibility index (Phi) is 5.80. The van der Waals surface area contributed by atoms with Gasteiger partial charge in [0.25, 0.3) is 0 Å². The first-order valence-electron chi connectivity index (χ1n) is 5.28. The smallest absolute Gasteiger partial charge is 0.222 e. The summed E-state index contributed by atoms with van der Waals surface area (Å²) in [5.74, 6) is -0.242. The predicted molar refractivity (Wildman–Crippen MR) is 58.4 cm³/mol. The molecule has 0 aliphatic carbocycles. The molecule has 3 nitrogen and oxygen atoms in total. The minimum Gasteiger partial charge on any atom is -0.373 e. The van der Waals surface area contributed by atoms with Gasteiger partial charge in [-0.15, -0.1) is 0 Å². The van der Waals surface area contributed by atoms with Gasteiger partial charge in [-0.25, -0.2) is 4.39 Å². The molecule has 15 heavy (non-hydrogen) atoms. The van der Waals surface area contributed by atoms with E-state index in [1.54, 1.807) is 13.8 Å². The number of carbonyl (C=O) groups excluding carboxylic acids is 1. The van der Waals surface area contributed by atoms with Crippen molar-refractivity contribution < 1.29 is 13.9 Å². The van der Waals surface area contributed by atoms with Crippen molar-refractivity contribution in [3.05, 3.63) is 0 Å². The molecule has 0 radical (unpaired) electrons. The van der Waals surface area contributed by atoms with Gasteiger partial charge in [0.1, 0.15) is 6.17 Å². The van der Waals surface area contributed by atoms with E-state index in [9.17, 15) is 9.18 Å². The van der Waals surface area contributed by atoms with Gasteiger partial charge in [0.2, 0.25) is 5.91 Å². The van der Waals surface area contributed by atoms with E-state index in [2.05, 4.69) is 5.32 Å². The summed E-state index contributed by atoms with van der Waals surface area (Å²) in [6.45, 7) is 9.18. The highest BCUT2D eigenvalue weighted by Crippen LogP contribution is 2.07. The Labute approximate surface area is 91.4 Å². The molecule has 0 aromatic heterocycles. The zero-order chi connectivity index (χ0) is 12.1. The fourth-order valence-electron chi connectivity index (χ4n) is 0.815. The summed E-state index contributed by atoms with van der Waals surface area (Å²) in [5.41, 5.74) is -0.341. The second-order valence-corrected chi connectivity index (χ2v) is 4.92. The number of nitrogens with one attached hydrogen (secondary N) is 1. The van der Waals surface area contributed by atoms with Gasteiger partial charge >= 0.3 is 0 Å². The highest BCUT2D eigenvalue weighted by Gasteiger charge is 2.16. The lowest BCUT2D eigenvalue weighted by molar-refractivity contribution is -0.124. The lowest BCUT2D eigenvalue weighted by atomic mass is 10.2. The van der Waals surface area contributed by atoms with Gasteiger partial charge in [0, 0.05) is 5.92 Å². The Balaban J connectivity index is 3.67. The van der Waals surface area contributed by atoms with Crippen LogP contribution in [0.1, 0.15) is 34.6 Å². The molecule has 0 saturated heterocycles. The predicted octanol–water partition coefficient (Wildman–Crippen LogP) is 1.91. The number of alkyl halides is 1. The molecule has 0 rings (SSSR count). The van der Waals surface area contributed by atoms with Crippen molar-refractivity contribution in [3.8, 4) is 0 Å². The van der Waals surface area contributed by atoms with Crippen LogP contribution in [0.5, 0.6) is 0 Å². The topological polar surface area (TPSA) is 38.3 Å². The Morgan fingerprint density at radius 3 is 2.33 bits per heavy atom. The van der Waals surface area contributed by atoms with E-state index in [1.807, 2.05) is 20.8 Å². The van der Waals surface area contributed by atoms with Crippen LogP contribution in [0.15, 0.2) is 0 Å². The number of amides is 1. The van der Waals surface area contributed by atoms with Crippen LogP contribution in [-0.2, 0) is 9.53 Å². The molecule has 1 atom stereocenters. The molecule has 90 valence electrons. The van der Waals surface area contributed by atoms with Crippen molar-refractivity contribution in [3.63, 3.8) is 0 Å². The van der Waals surface area contributed by atoms with Gasteiger partial charge in [0.15, 0.2) is 0 Å². The second-order valence-electron chi connectivity index (χ2n) is 4.92. The van der Waals surface area contributed by atoms with Gasteiger partial charge < -0.3 is 10.1 Å². The monoisotopic (exact) mass is 219 g/mol. The highest BCUT2D eigenvalue weighted by atomic mass is 19.1. The number of hydrogen-bond acceptors (Lipinski definition) is 2. The van der Waals surface area contributed by atoms with Crippen molar-refractivity contribution >= 4 is 5.91 Å². The third kappa shape index (κ3) is 8.36. The van der Waals surface area contributed by atoms with Gasteiger partial charge in [-0.2, -0.15) is 0 Å². The van der Waals surface area contributed by atoms with Gasteiger partial charge in [0.05, 0.1) is 18.8 Å². The Hall–Kier alpha value is -0.640. The summed E-state index contributed by atoms with van der Waals surface area (Å²) >= 11 is 0. The molecular formula is C11H22FNO2. The van der Waals surface area contributed by atoms with Crippen LogP contribution in [0.3, 0.4) is 0 Å². The van der Waals surface area contributed by atoms with Crippen LogP contribution in [0.4, 0.5) is 4.39 Å². The molecule has 0 saturated carbocycles. The summed E-state index contributed by atoms with van der Waals surface area (Å²) in [6, 6.07) is 0. The number of rotatable bonds is 5. The fraction of sp³-hybridized carbons (Fsp3) is 0.909. The van der Waals surface area contributed by atoms with E-state index >= 15 is 0 Å². The molecule has 0 fully saturated rings. The van der Waals surface area contributed by atoms with Crippen molar-refractivity contribution in [2.45, 2.75) is 46.4 Å². The SMILES string of the molecule is CC(C)C(=O)NCC(F)COC(C)(C)C. The molecule has 0 spiro atoms. The summed E-state index contributed by atoms with van der Waals surface area (Å²) in [6.07, 6.45) is -1.15. The zero-order valence-electron chi connectivity index (χ0n) is 10.3. The highest BCUT2D eigenvalue weighted by molar-refractivity contribution is 5.77. The van der Waals surface area contributed by atoms with Gasteiger partial charge in [-0.05, 0) is 20.8 Å².